The Labute approximate surface area is 223 Å². The highest BCUT2D eigenvalue weighted by molar-refractivity contribution is 5.63. The number of nitrogens with zero attached hydrogens (tertiary/aromatic N) is 4. The number of ether oxygens (including phenoxy) is 2. The number of methoxy groups -OCH3 is 2. The molecule has 0 spiro atoms. The molecule has 5 heterocycles. The van der Waals surface area contributed by atoms with E-state index < -0.39 is 0 Å². The molecule has 3 atom stereocenters. The molecule has 2 unspecified atom stereocenters. The number of benzene rings is 1. The highest BCUT2D eigenvalue weighted by Gasteiger charge is 2.43. The third-order valence-electron chi connectivity index (χ3n) is 9.90. The Morgan fingerprint density at radius 2 is 1.62 bits per heavy atom. The summed E-state index contributed by atoms with van der Waals surface area (Å²) >= 11 is 0. The van der Waals surface area contributed by atoms with Crippen LogP contribution in [-0.4, -0.2) is 71.3 Å². The standard InChI is InChI=1S/C31H46N4O2/c1-21(2)18-35-25-7-8-26(35)17-27(16-25)33-13-11-22(12-14-33)24-6-10-31-32-28(20-34(31)19-24)23-5-9-29(36-3)30(15-23)37-4/h5,9,15,20-22,24-27H,6-8,10-14,16-19H2,1-4H3/t24-,25?,26?,27?/m0/s1. The van der Waals surface area contributed by atoms with Gasteiger partial charge in [-0.1, -0.05) is 13.8 Å². The topological polar surface area (TPSA) is 42.8 Å². The van der Waals surface area contributed by atoms with Crippen molar-refractivity contribution in [3.63, 3.8) is 0 Å². The molecule has 0 radical (unpaired) electrons. The lowest BCUT2D eigenvalue weighted by atomic mass is 9.79. The lowest BCUT2D eigenvalue weighted by molar-refractivity contribution is 0.0263. The molecule has 3 fully saturated rings. The SMILES string of the molecule is COc1ccc(-c2cn3c(n2)CC[C@H](C2CCN(C4CC5CCC(C4)N5CC(C)C)CC2)C3)cc1OC. The summed E-state index contributed by atoms with van der Waals surface area (Å²) in [6.45, 7) is 9.80. The normalized spacial score (nSPS) is 29.0. The van der Waals surface area contributed by atoms with Crippen LogP contribution in [0.4, 0.5) is 0 Å². The average Bonchev–Trinajstić information content (AvgIpc) is 3.43. The minimum Gasteiger partial charge on any atom is -0.493 e. The summed E-state index contributed by atoms with van der Waals surface area (Å²) < 4.78 is 13.4. The van der Waals surface area contributed by atoms with E-state index in [1.165, 1.54) is 70.4 Å². The van der Waals surface area contributed by atoms with Gasteiger partial charge in [-0.05, 0) is 94.0 Å². The largest absolute Gasteiger partial charge is 0.493 e. The lowest BCUT2D eigenvalue weighted by Gasteiger charge is -2.46. The molecule has 6 heteroatoms. The third kappa shape index (κ3) is 5.04. The monoisotopic (exact) mass is 506 g/mol. The maximum Gasteiger partial charge on any atom is 0.161 e. The Balaban J connectivity index is 1.05. The Morgan fingerprint density at radius 3 is 2.30 bits per heavy atom. The Hall–Kier alpha value is -2.05. The van der Waals surface area contributed by atoms with E-state index in [1.807, 2.05) is 12.1 Å². The van der Waals surface area contributed by atoms with Crippen LogP contribution in [0.2, 0.25) is 0 Å². The first-order valence-corrected chi connectivity index (χ1v) is 14.8. The number of aryl methyl sites for hydroxylation is 1. The zero-order chi connectivity index (χ0) is 25.5. The second-order valence-electron chi connectivity index (χ2n) is 12.5. The Kier molecular flexibility index (Phi) is 7.24. The molecule has 0 amide bonds. The molecule has 6 nitrogen and oxygen atoms in total. The molecule has 0 aliphatic carbocycles. The summed E-state index contributed by atoms with van der Waals surface area (Å²) in [5.41, 5.74) is 2.14. The van der Waals surface area contributed by atoms with Crippen LogP contribution < -0.4 is 9.47 Å². The summed E-state index contributed by atoms with van der Waals surface area (Å²) in [5, 5.41) is 0. The first-order chi connectivity index (χ1) is 18.0. The first kappa shape index (κ1) is 25.2. The third-order valence-corrected chi connectivity index (χ3v) is 9.90. The van der Waals surface area contributed by atoms with Gasteiger partial charge in [0.2, 0.25) is 0 Å². The molecular weight excluding hydrogens is 460 g/mol. The van der Waals surface area contributed by atoms with Crippen molar-refractivity contribution in [3.05, 3.63) is 30.2 Å². The molecular formula is C31H46N4O2. The maximum absolute atomic E-state index is 5.52. The van der Waals surface area contributed by atoms with E-state index in [9.17, 15) is 0 Å². The van der Waals surface area contributed by atoms with Gasteiger partial charge in [-0.2, -0.15) is 0 Å². The minimum atomic E-state index is 0.759. The summed E-state index contributed by atoms with van der Waals surface area (Å²) in [7, 11) is 3.37. The van der Waals surface area contributed by atoms with Crippen molar-refractivity contribution in [2.75, 3.05) is 33.9 Å². The second kappa shape index (κ2) is 10.6. The van der Waals surface area contributed by atoms with E-state index in [2.05, 4.69) is 40.5 Å². The molecule has 2 aromatic rings. The van der Waals surface area contributed by atoms with Gasteiger partial charge >= 0.3 is 0 Å². The summed E-state index contributed by atoms with van der Waals surface area (Å²) in [6.07, 6.45) is 13.1. The highest BCUT2D eigenvalue weighted by Crippen LogP contribution is 2.41. The van der Waals surface area contributed by atoms with Crippen LogP contribution in [0.5, 0.6) is 11.5 Å². The summed E-state index contributed by atoms with van der Waals surface area (Å²) in [4.78, 5) is 10.8. The van der Waals surface area contributed by atoms with Gasteiger partial charge in [-0.15, -0.1) is 0 Å². The van der Waals surface area contributed by atoms with Crippen LogP contribution in [0.1, 0.15) is 64.6 Å². The fourth-order valence-electron chi connectivity index (χ4n) is 8.01. The molecule has 202 valence electrons. The lowest BCUT2D eigenvalue weighted by Crippen LogP contribution is -2.53. The molecule has 1 aromatic heterocycles. The van der Waals surface area contributed by atoms with Gasteiger partial charge in [0, 0.05) is 49.4 Å². The van der Waals surface area contributed by atoms with Gasteiger partial charge in [0.15, 0.2) is 11.5 Å². The highest BCUT2D eigenvalue weighted by atomic mass is 16.5. The zero-order valence-corrected chi connectivity index (χ0v) is 23.4. The minimum absolute atomic E-state index is 0.759. The fraction of sp³-hybridized carbons (Fsp3) is 0.710. The van der Waals surface area contributed by atoms with E-state index in [0.717, 1.165) is 71.6 Å². The van der Waals surface area contributed by atoms with Crippen molar-refractivity contribution in [2.24, 2.45) is 17.8 Å². The smallest absolute Gasteiger partial charge is 0.161 e. The molecule has 0 N–H and O–H groups in total. The summed E-state index contributed by atoms with van der Waals surface area (Å²) in [6, 6.07) is 8.63. The number of piperidine rings is 2. The fourth-order valence-corrected chi connectivity index (χ4v) is 8.01. The van der Waals surface area contributed by atoms with Gasteiger partial charge in [0.25, 0.3) is 0 Å². The van der Waals surface area contributed by atoms with E-state index >= 15 is 0 Å². The quantitative estimate of drug-likeness (QED) is 0.497. The van der Waals surface area contributed by atoms with Crippen LogP contribution in [0.3, 0.4) is 0 Å². The molecule has 37 heavy (non-hydrogen) atoms. The van der Waals surface area contributed by atoms with Gasteiger partial charge in [0.1, 0.15) is 5.82 Å². The molecule has 4 aliphatic rings. The number of likely N-dealkylation sites (tertiary alicyclic amines) is 1. The number of fused-ring (bicyclic) bond motifs is 3. The Morgan fingerprint density at radius 1 is 0.892 bits per heavy atom. The van der Waals surface area contributed by atoms with Gasteiger partial charge in [-0.25, -0.2) is 4.98 Å². The Bertz CT molecular complexity index is 1060. The number of hydrogen-bond donors (Lipinski definition) is 0. The van der Waals surface area contributed by atoms with Crippen LogP contribution in [0, 0.1) is 17.8 Å². The maximum atomic E-state index is 5.52. The van der Waals surface area contributed by atoms with E-state index in [1.54, 1.807) is 14.2 Å². The molecule has 6 rings (SSSR count). The van der Waals surface area contributed by atoms with Crippen molar-refractivity contribution in [2.45, 2.75) is 89.9 Å². The van der Waals surface area contributed by atoms with E-state index in [-0.39, 0.29) is 0 Å². The van der Waals surface area contributed by atoms with Gasteiger partial charge in [-0.3, -0.25) is 4.90 Å². The number of rotatable bonds is 7. The first-order valence-electron chi connectivity index (χ1n) is 14.8. The second-order valence-corrected chi connectivity index (χ2v) is 12.5. The zero-order valence-electron chi connectivity index (χ0n) is 23.4. The molecule has 0 saturated carbocycles. The molecule has 3 saturated heterocycles. The molecule has 4 aliphatic heterocycles. The van der Waals surface area contributed by atoms with Crippen LogP contribution in [0.25, 0.3) is 11.3 Å². The average molecular weight is 507 g/mol. The number of imidazole rings is 1. The van der Waals surface area contributed by atoms with Gasteiger partial charge in [0.05, 0.1) is 19.9 Å². The number of aromatic nitrogens is 2. The molecule has 2 bridgehead atoms. The van der Waals surface area contributed by atoms with Crippen LogP contribution in [0.15, 0.2) is 24.4 Å². The summed E-state index contributed by atoms with van der Waals surface area (Å²) in [5.74, 6) is 5.18. The number of hydrogen-bond acceptors (Lipinski definition) is 5. The van der Waals surface area contributed by atoms with Gasteiger partial charge < -0.3 is 18.9 Å². The van der Waals surface area contributed by atoms with Crippen LogP contribution in [-0.2, 0) is 13.0 Å². The molecule has 1 aromatic carbocycles. The predicted octanol–water partition coefficient (Wildman–Crippen LogP) is 5.49. The van der Waals surface area contributed by atoms with Crippen molar-refractivity contribution < 1.29 is 9.47 Å². The van der Waals surface area contributed by atoms with Crippen LogP contribution >= 0.6 is 0 Å². The van der Waals surface area contributed by atoms with Crippen molar-refractivity contribution in [1.82, 2.24) is 19.4 Å². The van der Waals surface area contributed by atoms with Crippen molar-refractivity contribution >= 4 is 0 Å². The van der Waals surface area contributed by atoms with Crippen molar-refractivity contribution in [3.8, 4) is 22.8 Å². The predicted molar refractivity (Wildman–Crippen MR) is 148 cm³/mol. The van der Waals surface area contributed by atoms with E-state index in [0.29, 0.717) is 0 Å². The van der Waals surface area contributed by atoms with E-state index in [4.69, 9.17) is 14.5 Å². The van der Waals surface area contributed by atoms with Crippen molar-refractivity contribution in [1.29, 1.82) is 0 Å².